The van der Waals surface area contributed by atoms with Crippen molar-refractivity contribution in [3.8, 4) is 11.1 Å². The highest BCUT2D eigenvalue weighted by atomic mass is 16.1. The molecule has 0 saturated carbocycles. The quantitative estimate of drug-likeness (QED) is 0.265. The Morgan fingerprint density at radius 1 is 0.966 bits per heavy atom. The van der Waals surface area contributed by atoms with Crippen LogP contribution in [0.25, 0.3) is 34.2 Å². The molecule has 3 aromatic rings. The lowest BCUT2D eigenvalue weighted by atomic mass is 9.92. The van der Waals surface area contributed by atoms with Crippen molar-refractivity contribution in [2.75, 3.05) is 0 Å². The monoisotopic (exact) mass is 383 g/mol. The lowest BCUT2D eigenvalue weighted by Crippen LogP contribution is -2.00. The van der Waals surface area contributed by atoms with Crippen LogP contribution in [0.15, 0.2) is 61.7 Å². The summed E-state index contributed by atoms with van der Waals surface area (Å²) in [7, 11) is 0. The van der Waals surface area contributed by atoms with Crippen LogP contribution in [0.2, 0.25) is 0 Å². The van der Waals surface area contributed by atoms with E-state index in [1.807, 2.05) is 42.5 Å². The number of aromatic nitrogens is 1. The predicted molar refractivity (Wildman–Crippen MR) is 125 cm³/mol. The molecule has 0 N–H and O–H groups in total. The number of carbonyl (C=O) groups excluding carboxylic acids is 1. The second kappa shape index (κ2) is 9.97. The van der Waals surface area contributed by atoms with Gasteiger partial charge in [-0.15, -0.1) is 0 Å². The van der Waals surface area contributed by atoms with Crippen molar-refractivity contribution in [1.29, 1.82) is 0 Å². The number of hydrogen-bond donors (Lipinski definition) is 0. The number of carbonyl (C=O) groups is 1. The molecule has 0 radical (unpaired) electrons. The second-order valence-electron chi connectivity index (χ2n) is 7.38. The van der Waals surface area contributed by atoms with Gasteiger partial charge in [0, 0.05) is 28.5 Å². The summed E-state index contributed by atoms with van der Waals surface area (Å²) in [6.45, 7) is 10.1. The number of benzene rings is 2. The fraction of sp³-hybridized carbons (Fsp3) is 0.259. The molecule has 0 aliphatic carbocycles. The third-order valence-corrected chi connectivity index (χ3v) is 5.34. The van der Waals surface area contributed by atoms with Crippen LogP contribution in [-0.4, -0.2) is 10.8 Å². The Morgan fingerprint density at radius 3 is 2.52 bits per heavy atom. The van der Waals surface area contributed by atoms with Gasteiger partial charge in [0.2, 0.25) is 0 Å². The molecule has 0 aliphatic heterocycles. The average molecular weight is 384 g/mol. The van der Waals surface area contributed by atoms with Gasteiger partial charge in [-0.1, -0.05) is 88.2 Å². The summed E-state index contributed by atoms with van der Waals surface area (Å²) in [5.74, 6) is 0.214. The zero-order valence-electron chi connectivity index (χ0n) is 17.3. The van der Waals surface area contributed by atoms with Gasteiger partial charge in [0.25, 0.3) is 0 Å². The molecular weight excluding hydrogens is 354 g/mol. The van der Waals surface area contributed by atoms with E-state index in [0.717, 1.165) is 51.7 Å². The number of Topliss-reactive ketones (excluding diaryl/α,β-unsaturated/α-hetero) is 1. The first kappa shape index (κ1) is 20.7. The summed E-state index contributed by atoms with van der Waals surface area (Å²) in [5.41, 5.74) is 5.51. The van der Waals surface area contributed by atoms with Crippen molar-refractivity contribution < 1.29 is 4.79 Å². The van der Waals surface area contributed by atoms with Gasteiger partial charge in [-0.05, 0) is 30.2 Å². The molecule has 3 rings (SSSR count). The number of para-hydroxylation sites is 1. The molecule has 0 bridgehead atoms. The van der Waals surface area contributed by atoms with E-state index in [2.05, 4.69) is 32.2 Å². The standard InChI is InChI=1S/C27H29NO/c1-4-7-8-9-10-18-26(29)20-14-13-15-21(19-20)27-22(5-2)24(6-3)28-25-17-12-11-16-23(25)27/h5-6,11-17,19H,2-4,7-10,18H2,1H3. The number of unbranched alkanes of at least 4 members (excludes halogenated alkanes) is 4. The number of rotatable bonds is 10. The summed E-state index contributed by atoms with van der Waals surface area (Å²) >= 11 is 0. The highest BCUT2D eigenvalue weighted by Crippen LogP contribution is 2.34. The van der Waals surface area contributed by atoms with E-state index in [4.69, 9.17) is 4.98 Å². The van der Waals surface area contributed by atoms with Crippen LogP contribution in [0.4, 0.5) is 0 Å². The van der Waals surface area contributed by atoms with Crippen molar-refractivity contribution in [1.82, 2.24) is 4.98 Å². The SMILES string of the molecule is C=Cc1nc2ccccc2c(-c2cccc(C(=O)CCCCCCC)c2)c1C=C. The van der Waals surface area contributed by atoms with Crippen molar-refractivity contribution in [3.05, 3.63) is 78.5 Å². The summed E-state index contributed by atoms with van der Waals surface area (Å²) < 4.78 is 0. The van der Waals surface area contributed by atoms with E-state index in [1.165, 1.54) is 19.3 Å². The summed E-state index contributed by atoms with van der Waals surface area (Å²) in [5, 5.41) is 1.05. The Hall–Kier alpha value is -3.00. The Labute approximate surface area is 174 Å². The second-order valence-corrected chi connectivity index (χ2v) is 7.38. The molecule has 148 valence electrons. The van der Waals surface area contributed by atoms with Gasteiger partial charge >= 0.3 is 0 Å². The molecule has 29 heavy (non-hydrogen) atoms. The highest BCUT2D eigenvalue weighted by molar-refractivity contribution is 6.02. The highest BCUT2D eigenvalue weighted by Gasteiger charge is 2.15. The molecule has 0 amide bonds. The summed E-state index contributed by atoms with van der Waals surface area (Å²) in [4.78, 5) is 17.5. The average Bonchev–Trinajstić information content (AvgIpc) is 2.77. The lowest BCUT2D eigenvalue weighted by molar-refractivity contribution is 0.0979. The Balaban J connectivity index is 1.98. The molecule has 1 aromatic heterocycles. The smallest absolute Gasteiger partial charge is 0.162 e. The maximum absolute atomic E-state index is 12.8. The van der Waals surface area contributed by atoms with Gasteiger partial charge in [0.15, 0.2) is 5.78 Å². The summed E-state index contributed by atoms with van der Waals surface area (Å²) in [6.07, 6.45) is 9.95. The number of pyridine rings is 1. The van der Waals surface area contributed by atoms with Gasteiger partial charge < -0.3 is 0 Å². The van der Waals surface area contributed by atoms with Crippen LogP contribution in [-0.2, 0) is 0 Å². The van der Waals surface area contributed by atoms with Crippen LogP contribution in [0.3, 0.4) is 0 Å². The van der Waals surface area contributed by atoms with E-state index in [9.17, 15) is 4.79 Å². The van der Waals surface area contributed by atoms with Crippen LogP contribution in [0.1, 0.15) is 67.1 Å². The fourth-order valence-electron chi connectivity index (χ4n) is 3.80. The van der Waals surface area contributed by atoms with Gasteiger partial charge in [-0.25, -0.2) is 4.98 Å². The van der Waals surface area contributed by atoms with Crippen molar-refractivity contribution in [3.63, 3.8) is 0 Å². The molecule has 0 unspecified atom stereocenters. The van der Waals surface area contributed by atoms with E-state index in [1.54, 1.807) is 6.08 Å². The molecule has 0 atom stereocenters. The lowest BCUT2D eigenvalue weighted by Gasteiger charge is -2.14. The molecular formula is C27H29NO. The van der Waals surface area contributed by atoms with Crippen molar-refractivity contribution in [2.24, 2.45) is 0 Å². The fourth-order valence-corrected chi connectivity index (χ4v) is 3.80. The maximum atomic E-state index is 12.8. The summed E-state index contributed by atoms with van der Waals surface area (Å²) in [6, 6.07) is 16.0. The number of fused-ring (bicyclic) bond motifs is 1. The zero-order chi connectivity index (χ0) is 20.6. The van der Waals surface area contributed by atoms with E-state index >= 15 is 0 Å². The Bertz CT molecular complexity index is 1030. The zero-order valence-corrected chi connectivity index (χ0v) is 17.3. The van der Waals surface area contributed by atoms with Crippen LogP contribution in [0.5, 0.6) is 0 Å². The van der Waals surface area contributed by atoms with E-state index in [-0.39, 0.29) is 5.78 Å². The minimum atomic E-state index is 0.214. The first-order chi connectivity index (χ1) is 14.2. The third-order valence-electron chi connectivity index (χ3n) is 5.34. The number of nitrogens with zero attached hydrogens (tertiary/aromatic N) is 1. The molecule has 2 heteroatoms. The number of hydrogen-bond acceptors (Lipinski definition) is 2. The molecule has 0 aliphatic rings. The third kappa shape index (κ3) is 4.71. The minimum absolute atomic E-state index is 0.214. The maximum Gasteiger partial charge on any atom is 0.162 e. The van der Waals surface area contributed by atoms with Gasteiger partial charge in [0.1, 0.15) is 0 Å². The van der Waals surface area contributed by atoms with Crippen molar-refractivity contribution in [2.45, 2.75) is 45.4 Å². The Morgan fingerprint density at radius 2 is 1.76 bits per heavy atom. The van der Waals surface area contributed by atoms with Crippen LogP contribution >= 0.6 is 0 Å². The molecule has 0 spiro atoms. The molecule has 2 aromatic carbocycles. The van der Waals surface area contributed by atoms with Crippen molar-refractivity contribution >= 4 is 28.8 Å². The van der Waals surface area contributed by atoms with Gasteiger partial charge in [0.05, 0.1) is 11.2 Å². The van der Waals surface area contributed by atoms with Gasteiger partial charge in [-0.3, -0.25) is 4.79 Å². The number of ketones is 1. The first-order valence-corrected chi connectivity index (χ1v) is 10.5. The largest absolute Gasteiger partial charge is 0.294 e. The predicted octanol–water partition coefficient (Wildman–Crippen LogP) is 7.73. The topological polar surface area (TPSA) is 30.0 Å². The molecule has 2 nitrogen and oxygen atoms in total. The first-order valence-electron chi connectivity index (χ1n) is 10.5. The van der Waals surface area contributed by atoms with E-state index in [0.29, 0.717) is 6.42 Å². The van der Waals surface area contributed by atoms with E-state index < -0.39 is 0 Å². The minimum Gasteiger partial charge on any atom is -0.294 e. The molecule has 0 saturated heterocycles. The molecule has 0 fully saturated rings. The Kier molecular flexibility index (Phi) is 7.13. The van der Waals surface area contributed by atoms with Crippen LogP contribution in [0, 0.1) is 0 Å². The molecule has 1 heterocycles. The van der Waals surface area contributed by atoms with Crippen LogP contribution < -0.4 is 0 Å². The normalized spacial score (nSPS) is 10.8. The van der Waals surface area contributed by atoms with Gasteiger partial charge in [-0.2, -0.15) is 0 Å².